The van der Waals surface area contributed by atoms with Gasteiger partial charge in [0.1, 0.15) is 5.82 Å². The number of H-pyrrole nitrogens is 1. The van der Waals surface area contributed by atoms with Gasteiger partial charge < -0.3 is 9.55 Å². The van der Waals surface area contributed by atoms with Crippen molar-refractivity contribution in [1.29, 1.82) is 0 Å². The average molecular weight is 507 g/mol. The van der Waals surface area contributed by atoms with Gasteiger partial charge in [-0.3, -0.25) is 4.98 Å². The van der Waals surface area contributed by atoms with Crippen molar-refractivity contribution in [1.82, 2.24) is 19.5 Å². The predicted molar refractivity (Wildman–Crippen MR) is 163 cm³/mol. The summed E-state index contributed by atoms with van der Waals surface area (Å²) in [5.41, 5.74) is 11.1. The van der Waals surface area contributed by atoms with E-state index in [9.17, 15) is 0 Å². The summed E-state index contributed by atoms with van der Waals surface area (Å²) >= 11 is 0. The topological polar surface area (TPSA) is 46.5 Å². The number of benzene rings is 4. The fourth-order valence-corrected chi connectivity index (χ4v) is 5.63. The molecule has 0 saturated heterocycles. The number of rotatable bonds is 3. The number of pyridine rings is 1. The van der Waals surface area contributed by atoms with Crippen molar-refractivity contribution in [2.45, 2.75) is 26.2 Å². The van der Waals surface area contributed by atoms with E-state index in [1.165, 1.54) is 16.3 Å². The Kier molecular flexibility index (Phi) is 5.21. The molecule has 7 aromatic rings. The molecule has 4 aromatic carbocycles. The lowest BCUT2D eigenvalue weighted by molar-refractivity contribution is 0.591. The molecule has 0 radical (unpaired) electrons. The smallest absolute Gasteiger partial charge is 0.143 e. The second-order valence-corrected chi connectivity index (χ2v) is 11.3. The number of aryl methyl sites for hydroxylation is 1. The molecular formula is C35H30N4. The molecule has 0 bridgehead atoms. The first-order valence-corrected chi connectivity index (χ1v) is 13.4. The lowest BCUT2D eigenvalue weighted by Crippen LogP contribution is -2.11. The van der Waals surface area contributed by atoms with Crippen LogP contribution in [0.1, 0.15) is 26.3 Å². The van der Waals surface area contributed by atoms with Crippen molar-refractivity contribution >= 4 is 32.8 Å². The summed E-state index contributed by atoms with van der Waals surface area (Å²) in [7, 11) is 2.12. The molecule has 0 saturated carbocycles. The highest BCUT2D eigenvalue weighted by Gasteiger charge is 2.22. The van der Waals surface area contributed by atoms with Gasteiger partial charge in [-0.1, -0.05) is 75.4 Å². The second kappa shape index (κ2) is 8.67. The van der Waals surface area contributed by atoms with Crippen LogP contribution in [0, 0.1) is 0 Å². The zero-order chi connectivity index (χ0) is 26.7. The third-order valence-corrected chi connectivity index (χ3v) is 7.77. The Morgan fingerprint density at radius 1 is 0.718 bits per heavy atom. The average Bonchev–Trinajstić information content (AvgIpc) is 3.50. The second-order valence-electron chi connectivity index (χ2n) is 11.3. The van der Waals surface area contributed by atoms with Gasteiger partial charge in [-0.15, -0.1) is 0 Å². The Bertz CT molecular complexity index is 2000. The van der Waals surface area contributed by atoms with Crippen LogP contribution in [0.25, 0.3) is 66.6 Å². The fourth-order valence-electron chi connectivity index (χ4n) is 5.63. The summed E-state index contributed by atoms with van der Waals surface area (Å²) < 4.78 is 2.23. The molecule has 3 heterocycles. The molecule has 0 spiro atoms. The summed E-state index contributed by atoms with van der Waals surface area (Å²) in [6, 6.07) is 34.3. The fraction of sp³-hybridized carbons (Fsp3) is 0.143. The van der Waals surface area contributed by atoms with Gasteiger partial charge in [0.2, 0.25) is 0 Å². The first-order chi connectivity index (χ1) is 18.9. The van der Waals surface area contributed by atoms with Crippen LogP contribution in [0.2, 0.25) is 0 Å². The summed E-state index contributed by atoms with van der Waals surface area (Å²) in [5, 5.41) is 2.48. The quantitative estimate of drug-likeness (QED) is 0.260. The van der Waals surface area contributed by atoms with Gasteiger partial charge in [0.05, 0.1) is 22.2 Å². The Morgan fingerprint density at radius 2 is 1.51 bits per heavy atom. The Morgan fingerprint density at radius 3 is 2.33 bits per heavy atom. The summed E-state index contributed by atoms with van der Waals surface area (Å²) in [6.45, 7) is 6.82. The first kappa shape index (κ1) is 23.4. The number of para-hydroxylation sites is 2. The van der Waals surface area contributed by atoms with Crippen molar-refractivity contribution in [3.8, 4) is 33.8 Å². The number of hydrogen-bond acceptors (Lipinski definition) is 2. The van der Waals surface area contributed by atoms with E-state index in [4.69, 9.17) is 4.98 Å². The zero-order valence-corrected chi connectivity index (χ0v) is 22.7. The van der Waals surface area contributed by atoms with Crippen LogP contribution in [-0.2, 0) is 12.5 Å². The lowest BCUT2D eigenvalue weighted by Gasteiger charge is -2.20. The highest BCUT2D eigenvalue weighted by atomic mass is 15.1. The molecule has 0 aliphatic rings. The number of imidazole rings is 1. The van der Waals surface area contributed by atoms with E-state index >= 15 is 0 Å². The van der Waals surface area contributed by atoms with Gasteiger partial charge >= 0.3 is 0 Å². The van der Waals surface area contributed by atoms with Gasteiger partial charge in [-0.2, -0.15) is 0 Å². The Hall–Kier alpha value is -4.70. The highest BCUT2D eigenvalue weighted by molar-refractivity contribution is 6.12. The normalized spacial score (nSPS) is 12.1. The number of aromatic amines is 1. The first-order valence-electron chi connectivity index (χ1n) is 13.4. The SMILES string of the molecule is Cn1c(-c2cc(C(C)(C)C)cc3c2[nH]c2ccccc23)nc2c(-c3cccc(-c4ccccn4)c3)cccc21. The van der Waals surface area contributed by atoms with Crippen molar-refractivity contribution in [3.63, 3.8) is 0 Å². The molecule has 0 atom stereocenters. The molecule has 7 rings (SSSR count). The number of aromatic nitrogens is 4. The van der Waals surface area contributed by atoms with Crippen LogP contribution in [0.5, 0.6) is 0 Å². The van der Waals surface area contributed by atoms with Crippen LogP contribution in [0.4, 0.5) is 0 Å². The van der Waals surface area contributed by atoms with Gasteiger partial charge in [-0.25, -0.2) is 4.98 Å². The monoisotopic (exact) mass is 506 g/mol. The van der Waals surface area contributed by atoms with Crippen molar-refractivity contribution < 1.29 is 0 Å². The summed E-state index contributed by atoms with van der Waals surface area (Å²) in [4.78, 5) is 13.6. The van der Waals surface area contributed by atoms with E-state index in [0.717, 1.165) is 55.8 Å². The molecule has 190 valence electrons. The minimum absolute atomic E-state index is 0.00295. The van der Waals surface area contributed by atoms with Crippen molar-refractivity contribution in [2.75, 3.05) is 0 Å². The van der Waals surface area contributed by atoms with Crippen LogP contribution in [-0.4, -0.2) is 19.5 Å². The molecule has 4 heteroatoms. The maximum Gasteiger partial charge on any atom is 0.143 e. The molecule has 1 N–H and O–H groups in total. The van der Waals surface area contributed by atoms with Crippen LogP contribution in [0.15, 0.2) is 103 Å². The highest BCUT2D eigenvalue weighted by Crippen LogP contribution is 2.39. The van der Waals surface area contributed by atoms with E-state index in [0.29, 0.717) is 0 Å². The number of hydrogen-bond donors (Lipinski definition) is 1. The Labute approximate surface area is 228 Å². The third kappa shape index (κ3) is 3.83. The van der Waals surface area contributed by atoms with E-state index in [1.807, 2.05) is 24.4 Å². The third-order valence-electron chi connectivity index (χ3n) is 7.77. The maximum atomic E-state index is 5.33. The predicted octanol–water partition coefficient (Wildman–Crippen LogP) is 8.90. The van der Waals surface area contributed by atoms with Crippen LogP contribution in [0.3, 0.4) is 0 Å². The molecule has 39 heavy (non-hydrogen) atoms. The number of fused-ring (bicyclic) bond motifs is 4. The van der Waals surface area contributed by atoms with E-state index in [1.54, 1.807) is 0 Å². The van der Waals surface area contributed by atoms with E-state index in [2.05, 4.69) is 121 Å². The lowest BCUT2D eigenvalue weighted by atomic mass is 9.85. The minimum atomic E-state index is 0.00295. The number of nitrogens with zero attached hydrogens (tertiary/aromatic N) is 3. The van der Waals surface area contributed by atoms with E-state index in [-0.39, 0.29) is 5.41 Å². The van der Waals surface area contributed by atoms with E-state index < -0.39 is 0 Å². The molecule has 0 fully saturated rings. The van der Waals surface area contributed by atoms with Gasteiger partial charge in [-0.05, 0) is 59.0 Å². The standard InChI is InChI=1S/C35H30N4/c1-35(2,3)24-20-27-26-13-5-6-16-30(26)37-32(27)28(21-24)34-38-33-25(14-10-17-31(33)39(34)4)22-11-9-12-23(19-22)29-15-7-8-18-36-29/h5-21,37H,1-4H3. The molecule has 0 amide bonds. The van der Waals surface area contributed by atoms with Crippen LogP contribution < -0.4 is 0 Å². The molecule has 0 aliphatic carbocycles. The minimum Gasteiger partial charge on any atom is -0.354 e. The number of nitrogens with one attached hydrogen (secondary N) is 1. The van der Waals surface area contributed by atoms with Gasteiger partial charge in [0.25, 0.3) is 0 Å². The molecular weight excluding hydrogens is 476 g/mol. The summed E-state index contributed by atoms with van der Waals surface area (Å²) in [5.74, 6) is 0.959. The van der Waals surface area contributed by atoms with Crippen LogP contribution >= 0.6 is 0 Å². The summed E-state index contributed by atoms with van der Waals surface area (Å²) in [6.07, 6.45) is 1.84. The molecule has 0 unspecified atom stereocenters. The maximum absolute atomic E-state index is 5.33. The molecule has 3 aromatic heterocycles. The van der Waals surface area contributed by atoms with Gasteiger partial charge in [0.15, 0.2) is 0 Å². The Balaban J connectivity index is 1.47. The zero-order valence-electron chi connectivity index (χ0n) is 22.7. The van der Waals surface area contributed by atoms with Gasteiger partial charge in [0, 0.05) is 46.2 Å². The van der Waals surface area contributed by atoms with Crippen molar-refractivity contribution in [3.05, 3.63) is 109 Å². The molecule has 0 aliphatic heterocycles. The van der Waals surface area contributed by atoms with Crippen molar-refractivity contribution in [2.24, 2.45) is 7.05 Å². The molecule has 4 nitrogen and oxygen atoms in total. The largest absolute Gasteiger partial charge is 0.354 e.